The maximum Gasteiger partial charge on any atom is 0.314 e. The predicted octanol–water partition coefficient (Wildman–Crippen LogP) is 1.06. The van der Waals surface area contributed by atoms with Crippen molar-refractivity contribution in [1.29, 1.82) is 0 Å². The van der Waals surface area contributed by atoms with Crippen molar-refractivity contribution < 1.29 is 27.0 Å². The van der Waals surface area contributed by atoms with Crippen LogP contribution in [0, 0.1) is 5.92 Å². The minimum atomic E-state index is -0.907. The summed E-state index contributed by atoms with van der Waals surface area (Å²) in [5.74, 6) is -1.51. The van der Waals surface area contributed by atoms with E-state index in [1.165, 1.54) is 12.2 Å². The molecule has 1 radical (unpaired) electrons. The van der Waals surface area contributed by atoms with Crippen LogP contribution in [0.1, 0.15) is 0 Å². The van der Waals surface area contributed by atoms with E-state index in [0.717, 1.165) is 0 Å². The monoisotopic (exact) mass is 175 g/mol. The fourth-order valence-corrected chi connectivity index (χ4v) is 0.298. The van der Waals surface area contributed by atoms with Gasteiger partial charge in [0.2, 0.25) is 0 Å². The van der Waals surface area contributed by atoms with Gasteiger partial charge in [-0.2, -0.15) is 0 Å². The Morgan fingerprint density at radius 3 is 1.78 bits per heavy atom. The van der Waals surface area contributed by atoms with Crippen LogP contribution in [0.2, 0.25) is 0 Å². The quantitative estimate of drug-likeness (QED) is 0.515. The number of hydrogen-bond donors (Lipinski definition) is 1. The van der Waals surface area contributed by atoms with Gasteiger partial charge in [-0.3, -0.25) is 4.79 Å². The van der Waals surface area contributed by atoms with Gasteiger partial charge in [0.15, 0.2) is 0 Å². The summed E-state index contributed by atoms with van der Waals surface area (Å²) in [7, 11) is 0. The van der Waals surface area contributed by atoms with E-state index in [2.05, 4.69) is 13.2 Å². The van der Waals surface area contributed by atoms with E-state index in [0.29, 0.717) is 0 Å². The van der Waals surface area contributed by atoms with Crippen molar-refractivity contribution in [3.63, 3.8) is 0 Å². The van der Waals surface area contributed by atoms with E-state index in [-0.39, 0.29) is 17.1 Å². The predicted molar refractivity (Wildman–Crippen MR) is 31.5 cm³/mol. The summed E-state index contributed by atoms with van der Waals surface area (Å²) in [6.45, 7) is 6.60. The fraction of sp³-hybridized carbons (Fsp3) is 0.167. The van der Waals surface area contributed by atoms with Crippen molar-refractivity contribution >= 4 is 5.97 Å². The number of carboxylic acids is 1. The van der Waals surface area contributed by atoms with E-state index in [1.807, 2.05) is 0 Å². The standard InChI is InChI=1S/C6H8O2.Cu/c1-3-5(4-2)6(7)8;/h3-5H,1-2H2,(H,7,8);. The summed E-state index contributed by atoms with van der Waals surface area (Å²) < 4.78 is 0. The number of hydrogen-bond acceptors (Lipinski definition) is 1. The first-order chi connectivity index (χ1) is 3.72. The van der Waals surface area contributed by atoms with Crippen molar-refractivity contribution in [3.05, 3.63) is 25.3 Å². The Bertz CT molecular complexity index is 112. The average Bonchev–Trinajstić information content (AvgIpc) is 1.69. The van der Waals surface area contributed by atoms with Gasteiger partial charge in [-0.05, 0) is 0 Å². The van der Waals surface area contributed by atoms with Crippen LogP contribution in [0.15, 0.2) is 25.3 Å². The topological polar surface area (TPSA) is 37.3 Å². The second kappa shape index (κ2) is 5.60. The number of rotatable bonds is 3. The first-order valence-corrected chi connectivity index (χ1v) is 2.20. The molecule has 0 amide bonds. The van der Waals surface area contributed by atoms with Crippen LogP contribution in [0.5, 0.6) is 0 Å². The molecule has 0 aromatic carbocycles. The van der Waals surface area contributed by atoms with Crippen LogP contribution in [-0.4, -0.2) is 11.1 Å². The Morgan fingerprint density at radius 1 is 1.44 bits per heavy atom. The average molecular weight is 176 g/mol. The number of aliphatic carboxylic acids is 1. The van der Waals surface area contributed by atoms with Crippen LogP contribution >= 0.6 is 0 Å². The van der Waals surface area contributed by atoms with E-state index >= 15 is 0 Å². The van der Waals surface area contributed by atoms with Gasteiger partial charge < -0.3 is 5.11 Å². The maximum absolute atomic E-state index is 10.0. The number of carbonyl (C=O) groups is 1. The molecule has 3 heteroatoms. The van der Waals surface area contributed by atoms with Crippen LogP contribution < -0.4 is 0 Å². The SMILES string of the molecule is C=CC(C=C)C(=O)O.[Cu]. The molecular weight excluding hydrogens is 168 g/mol. The Balaban J connectivity index is 0. The zero-order chi connectivity index (χ0) is 6.57. The van der Waals surface area contributed by atoms with Gasteiger partial charge in [0.05, 0.1) is 5.92 Å². The van der Waals surface area contributed by atoms with Crippen molar-refractivity contribution in [2.24, 2.45) is 5.92 Å². The molecule has 0 heterocycles. The second-order valence-electron chi connectivity index (χ2n) is 1.34. The van der Waals surface area contributed by atoms with Crippen LogP contribution in [0.4, 0.5) is 0 Å². The van der Waals surface area contributed by atoms with E-state index in [4.69, 9.17) is 5.11 Å². The Kier molecular flexibility index (Phi) is 7.03. The van der Waals surface area contributed by atoms with Gasteiger partial charge in [0, 0.05) is 17.1 Å². The molecular formula is C6H8CuO2. The van der Waals surface area contributed by atoms with Crippen molar-refractivity contribution in [3.8, 4) is 0 Å². The normalized spacial score (nSPS) is 7.67. The third-order valence-corrected chi connectivity index (χ3v) is 0.793. The van der Waals surface area contributed by atoms with Gasteiger partial charge >= 0.3 is 5.97 Å². The zero-order valence-electron chi connectivity index (χ0n) is 4.80. The molecule has 0 aliphatic carbocycles. The molecule has 0 bridgehead atoms. The van der Waals surface area contributed by atoms with E-state index in [9.17, 15) is 4.79 Å². The molecule has 0 atom stereocenters. The molecule has 9 heavy (non-hydrogen) atoms. The van der Waals surface area contributed by atoms with Crippen molar-refractivity contribution in [1.82, 2.24) is 0 Å². The van der Waals surface area contributed by atoms with Crippen LogP contribution in [0.25, 0.3) is 0 Å². The summed E-state index contributed by atoms with van der Waals surface area (Å²) in [6, 6.07) is 0. The van der Waals surface area contributed by atoms with E-state index < -0.39 is 11.9 Å². The molecule has 0 saturated carbocycles. The van der Waals surface area contributed by atoms with Gasteiger partial charge in [-0.15, -0.1) is 13.2 Å². The Morgan fingerprint density at radius 2 is 1.78 bits per heavy atom. The first-order valence-electron chi connectivity index (χ1n) is 2.20. The Hall–Kier alpha value is -0.531. The van der Waals surface area contributed by atoms with Gasteiger partial charge in [-0.1, -0.05) is 12.2 Å². The molecule has 0 saturated heterocycles. The van der Waals surface area contributed by atoms with E-state index in [1.54, 1.807) is 0 Å². The van der Waals surface area contributed by atoms with Gasteiger partial charge in [0.1, 0.15) is 0 Å². The molecule has 2 nitrogen and oxygen atoms in total. The number of carboxylic acid groups (broad SMARTS) is 1. The summed E-state index contributed by atoms with van der Waals surface area (Å²) in [4.78, 5) is 10.0. The molecule has 0 aliphatic heterocycles. The molecule has 0 spiro atoms. The van der Waals surface area contributed by atoms with Crippen molar-refractivity contribution in [2.75, 3.05) is 0 Å². The van der Waals surface area contributed by atoms with Crippen LogP contribution in [0.3, 0.4) is 0 Å². The molecule has 0 aromatic heterocycles. The molecule has 1 N–H and O–H groups in total. The summed E-state index contributed by atoms with van der Waals surface area (Å²) >= 11 is 0. The van der Waals surface area contributed by atoms with Crippen molar-refractivity contribution in [2.45, 2.75) is 0 Å². The van der Waals surface area contributed by atoms with Gasteiger partial charge in [-0.25, -0.2) is 0 Å². The zero-order valence-corrected chi connectivity index (χ0v) is 5.74. The Labute approximate surface area is 64.7 Å². The fourth-order valence-electron chi connectivity index (χ4n) is 0.298. The third kappa shape index (κ3) is 4.00. The molecule has 0 aromatic rings. The second-order valence-corrected chi connectivity index (χ2v) is 1.34. The molecule has 0 unspecified atom stereocenters. The third-order valence-electron chi connectivity index (χ3n) is 0.793. The largest absolute Gasteiger partial charge is 0.481 e. The minimum Gasteiger partial charge on any atom is -0.481 e. The van der Waals surface area contributed by atoms with Gasteiger partial charge in [0.25, 0.3) is 0 Å². The molecule has 55 valence electrons. The summed E-state index contributed by atoms with van der Waals surface area (Å²) in [6.07, 6.45) is 2.66. The molecule has 0 rings (SSSR count). The smallest absolute Gasteiger partial charge is 0.314 e. The summed E-state index contributed by atoms with van der Waals surface area (Å²) in [5, 5.41) is 8.23. The summed E-state index contributed by atoms with van der Waals surface area (Å²) in [5.41, 5.74) is 0. The van der Waals surface area contributed by atoms with Crippen LogP contribution in [-0.2, 0) is 21.9 Å². The first kappa shape index (κ1) is 11.3. The maximum atomic E-state index is 10.0. The molecule has 0 fully saturated rings. The minimum absolute atomic E-state index is 0. The molecule has 0 aliphatic rings.